The monoisotopic (exact) mass is 1490 g/mol. The van der Waals surface area contributed by atoms with Crippen molar-refractivity contribution in [2.45, 2.75) is 80.6 Å². The average molecular weight is 1490 g/mol. The van der Waals surface area contributed by atoms with Gasteiger partial charge in [0.15, 0.2) is 5.13 Å². The number of nitrogens with two attached hydrogens (primary N) is 4. The van der Waals surface area contributed by atoms with Gasteiger partial charge in [0.05, 0.1) is 45.5 Å². The molecule has 16 rings (SSSR count). The molecule has 0 unspecified atom stereocenters. The van der Waals surface area contributed by atoms with Crippen LogP contribution in [-0.2, 0) is 0 Å². The maximum absolute atomic E-state index is 13.2. The number of likely N-dealkylation sites (tertiary alicyclic amines) is 1. The van der Waals surface area contributed by atoms with Gasteiger partial charge in [-0.25, -0.2) is 4.98 Å². The highest BCUT2D eigenvalue weighted by molar-refractivity contribution is 7.22. The van der Waals surface area contributed by atoms with Gasteiger partial charge in [-0.1, -0.05) is 18.2 Å². The minimum Gasteiger partial charge on any atom is -0.397 e. The molecular weight excluding hydrogens is 1410 g/mol. The van der Waals surface area contributed by atoms with Gasteiger partial charge in [0, 0.05) is 161 Å². The number of para-hydroxylation sites is 1. The highest BCUT2D eigenvalue weighted by atomic mass is 32.1. The van der Waals surface area contributed by atoms with E-state index < -0.39 is 0 Å². The van der Waals surface area contributed by atoms with E-state index >= 15 is 0 Å². The lowest BCUT2D eigenvalue weighted by Gasteiger charge is -2.35. The van der Waals surface area contributed by atoms with Crippen molar-refractivity contribution >= 4 is 160 Å². The predicted molar refractivity (Wildman–Crippen MR) is 419 cm³/mol. The molecule has 15 heterocycles. The molecule has 4 aliphatic rings. The van der Waals surface area contributed by atoms with Crippen LogP contribution in [-0.4, -0.2) is 191 Å². The number of hydrogen-bond acceptors (Lipinski definition) is 27. The number of thiazole rings is 1. The molecule has 4 amide bonds. The second-order valence-corrected chi connectivity index (χ2v) is 31.0. The van der Waals surface area contributed by atoms with Gasteiger partial charge in [0.25, 0.3) is 23.6 Å². The van der Waals surface area contributed by atoms with Crippen LogP contribution in [0.3, 0.4) is 0 Å². The van der Waals surface area contributed by atoms with Crippen molar-refractivity contribution in [1.29, 1.82) is 0 Å². The number of carbonyl (C=O) groups is 4. The smallest absolute Gasteiger partial charge is 0.266 e. The Morgan fingerprint density at radius 1 is 0.375 bits per heavy atom. The van der Waals surface area contributed by atoms with Crippen LogP contribution in [0.1, 0.15) is 114 Å². The lowest BCUT2D eigenvalue weighted by atomic mass is 9.90. The highest BCUT2D eigenvalue weighted by Crippen LogP contribution is 2.41. The Kier molecular flexibility index (Phi) is 21.8. The lowest BCUT2D eigenvalue weighted by Crippen LogP contribution is -2.48. The molecule has 12 aromatic rings. The molecule has 0 atom stereocenters. The van der Waals surface area contributed by atoms with Gasteiger partial charge in [0.2, 0.25) is 0 Å². The third-order valence-electron chi connectivity index (χ3n) is 20.0. The van der Waals surface area contributed by atoms with Gasteiger partial charge in [-0.05, 0) is 145 Å². The second-order valence-electron chi connectivity index (χ2n) is 26.1. The van der Waals surface area contributed by atoms with Crippen molar-refractivity contribution in [3.63, 3.8) is 0 Å². The first-order valence-electron chi connectivity index (χ1n) is 34.5. The van der Waals surface area contributed by atoms with Gasteiger partial charge in [-0.2, -0.15) is 20.4 Å². The standard InChI is InChI=1S/C20H23N5OS.C19H21N5OS.C18H20N6OS.C16H18N6OS2/c1-13-14(2)22-23-19-16(13)17(21)18(27-19)20(26)25-10-6-9-24(11-12-25)15-7-4-3-5-8-15;1-11-12(2)22-23-18-15(11)16(20)17(26-18)19(25)24-9-5-14(6-10-24)13-3-7-21-8-4-13;1-11-12(2)21-22-17-14(11)15(19)16(26-17)18(25)24-9-7-23(8-10-24)13-3-5-20-6-4-13;1-9-10(2)19-20-14-11(9)12(17)13(25-14)15(23)21-4-6-22(7-5-21)16-18-3-8-24-16/h3-5,7-8H,6,9-12,21H2,1-2H3;3-4,7-8,14H,5-6,9-10,20H2,1-2H3;3-6H,7-10,19H2,1-2H3;3,8H,4-7,17H2,1-2H3. The number of nitrogens with zero attached hydrogens (tertiary/aromatic N) is 18. The largest absolute Gasteiger partial charge is 0.397 e. The van der Waals surface area contributed by atoms with Crippen molar-refractivity contribution in [2.75, 3.05) is 129 Å². The van der Waals surface area contributed by atoms with Crippen molar-refractivity contribution < 1.29 is 19.2 Å². The Hall–Kier alpha value is -10.2. The fourth-order valence-corrected chi connectivity index (χ4v) is 18.4. The number of anilines is 7. The van der Waals surface area contributed by atoms with E-state index in [1.54, 1.807) is 29.9 Å². The maximum Gasteiger partial charge on any atom is 0.266 e. The summed E-state index contributed by atoms with van der Waals surface area (Å²) in [7, 11) is 0. The molecule has 26 nitrogen and oxygen atoms in total. The van der Waals surface area contributed by atoms with E-state index in [1.165, 1.54) is 56.6 Å². The Morgan fingerprint density at radius 2 is 0.712 bits per heavy atom. The number of amides is 4. The average Bonchev–Trinajstić information content (AvgIpc) is 1.64. The number of pyridine rings is 2. The Balaban J connectivity index is 0.000000123. The molecular formula is C73H82N22O4S5. The summed E-state index contributed by atoms with van der Waals surface area (Å²) in [5.41, 5.74) is 38.4. The van der Waals surface area contributed by atoms with E-state index in [4.69, 9.17) is 22.9 Å². The molecule has 0 radical (unpaired) electrons. The predicted octanol–water partition coefficient (Wildman–Crippen LogP) is 11.1. The Labute approximate surface area is 621 Å². The molecule has 4 aliphatic heterocycles. The quantitative estimate of drug-likeness (QED) is 0.110. The van der Waals surface area contributed by atoms with Crippen LogP contribution >= 0.6 is 56.7 Å². The Morgan fingerprint density at radius 3 is 1.09 bits per heavy atom. The van der Waals surface area contributed by atoms with Gasteiger partial charge >= 0.3 is 0 Å². The van der Waals surface area contributed by atoms with Gasteiger partial charge in [-0.3, -0.25) is 29.1 Å². The van der Waals surface area contributed by atoms with Gasteiger partial charge < -0.3 is 57.2 Å². The summed E-state index contributed by atoms with van der Waals surface area (Å²) in [6, 6.07) is 18.5. The van der Waals surface area contributed by atoms with E-state index in [0.717, 1.165) is 175 Å². The van der Waals surface area contributed by atoms with Crippen molar-refractivity contribution in [2.24, 2.45) is 0 Å². The third kappa shape index (κ3) is 14.8. The summed E-state index contributed by atoms with van der Waals surface area (Å²) in [6.07, 6.45) is 11.9. The zero-order chi connectivity index (χ0) is 73.0. The van der Waals surface area contributed by atoms with E-state index in [0.29, 0.717) is 80.9 Å². The number of thiophene rings is 4. The van der Waals surface area contributed by atoms with Crippen LogP contribution in [0, 0.1) is 55.4 Å². The van der Waals surface area contributed by atoms with Gasteiger partial charge in [0.1, 0.15) is 38.8 Å². The fraction of sp³-hybridized carbons (Fsp3) is 0.356. The first kappa shape index (κ1) is 72.2. The molecule has 0 spiro atoms. The maximum atomic E-state index is 13.2. The molecule has 4 fully saturated rings. The number of rotatable bonds is 8. The van der Waals surface area contributed by atoms with Gasteiger partial charge in [-0.15, -0.1) is 77.1 Å². The van der Waals surface area contributed by atoms with E-state index in [-0.39, 0.29) is 23.6 Å². The SMILES string of the molecule is Cc1nnc2sc(C(=O)N3CCC(c4ccncc4)CC3)c(N)c2c1C.Cc1nnc2sc(C(=O)N3CCCN(c4ccccc4)CC3)c(N)c2c1C.Cc1nnc2sc(C(=O)N3CCN(c4ccncc4)CC3)c(N)c2c1C.Cc1nnc2sc(C(=O)N3CCN(c4nccs4)CC3)c(N)c2c1C. The van der Waals surface area contributed by atoms with Crippen molar-refractivity contribution in [3.8, 4) is 0 Å². The van der Waals surface area contributed by atoms with Crippen LogP contribution in [0.5, 0.6) is 0 Å². The summed E-state index contributed by atoms with van der Waals surface area (Å²) < 4.78 is 0. The molecule has 0 saturated carbocycles. The van der Waals surface area contributed by atoms with E-state index in [2.05, 4.69) is 94.7 Å². The summed E-state index contributed by atoms with van der Waals surface area (Å²) in [6.45, 7) is 26.0. The number of benzene rings is 1. The minimum atomic E-state index is -0.0173. The van der Waals surface area contributed by atoms with Crippen LogP contribution in [0.4, 0.5) is 39.3 Å². The minimum absolute atomic E-state index is 0.00228. The second kappa shape index (κ2) is 31.4. The zero-order valence-corrected chi connectivity index (χ0v) is 63.4. The number of aryl methyl sites for hydroxylation is 8. The summed E-state index contributed by atoms with van der Waals surface area (Å²) in [4.78, 5) is 84.2. The first-order chi connectivity index (χ1) is 50.2. The summed E-state index contributed by atoms with van der Waals surface area (Å²) in [5.74, 6) is 0.462. The zero-order valence-electron chi connectivity index (χ0n) is 59.3. The number of aromatic nitrogens is 11. The normalized spacial score (nSPS) is 15.2. The number of piperazine rings is 2. The number of fused-ring (bicyclic) bond motifs is 4. The number of hydrogen-bond donors (Lipinski definition) is 4. The molecule has 11 aromatic heterocycles. The van der Waals surface area contributed by atoms with Crippen LogP contribution in [0.15, 0.2) is 91.0 Å². The number of piperidine rings is 1. The molecule has 104 heavy (non-hydrogen) atoms. The molecule has 0 bridgehead atoms. The molecule has 31 heteroatoms. The van der Waals surface area contributed by atoms with Crippen molar-refractivity contribution in [1.82, 2.24) is 75.3 Å². The molecule has 8 N–H and O–H groups in total. The fourth-order valence-electron chi connectivity index (χ4n) is 13.4. The van der Waals surface area contributed by atoms with Crippen molar-refractivity contribution in [3.05, 3.63) is 161 Å². The number of nitrogen functional groups attached to an aromatic ring is 4. The lowest BCUT2D eigenvalue weighted by molar-refractivity contribution is 0.0716. The topological polar surface area (TPSA) is 337 Å². The Bertz CT molecular complexity index is 4950. The van der Waals surface area contributed by atoms with Crippen LogP contribution < -0.4 is 37.6 Å². The molecule has 538 valence electrons. The van der Waals surface area contributed by atoms with Crippen LogP contribution in [0.2, 0.25) is 0 Å². The third-order valence-corrected chi connectivity index (χ3v) is 25.2. The highest BCUT2D eigenvalue weighted by Gasteiger charge is 2.33. The number of carbonyl (C=O) groups excluding carboxylic acids is 4. The van der Waals surface area contributed by atoms with E-state index in [9.17, 15) is 19.2 Å². The summed E-state index contributed by atoms with van der Waals surface area (Å²) >= 11 is 6.99. The summed E-state index contributed by atoms with van der Waals surface area (Å²) in [5, 5.41) is 39.9. The van der Waals surface area contributed by atoms with E-state index in [1.807, 2.05) is 123 Å². The first-order valence-corrected chi connectivity index (χ1v) is 38.6. The molecule has 0 aliphatic carbocycles. The van der Waals surface area contributed by atoms with Crippen LogP contribution in [0.25, 0.3) is 40.9 Å². The molecule has 1 aromatic carbocycles. The molecule has 4 saturated heterocycles.